The van der Waals surface area contributed by atoms with E-state index in [1.807, 2.05) is 0 Å². The van der Waals surface area contributed by atoms with E-state index >= 15 is 0 Å². The predicted molar refractivity (Wildman–Crippen MR) is 77.0 cm³/mol. The van der Waals surface area contributed by atoms with Gasteiger partial charge in [0, 0.05) is 19.7 Å². The van der Waals surface area contributed by atoms with E-state index in [1.54, 1.807) is 6.07 Å². The minimum Gasteiger partial charge on any atom is -0.454 e. The van der Waals surface area contributed by atoms with Crippen molar-refractivity contribution in [2.24, 2.45) is 5.73 Å². The molecule has 2 amide bonds. The van der Waals surface area contributed by atoms with E-state index in [1.165, 1.54) is 25.2 Å². The highest BCUT2D eigenvalue weighted by molar-refractivity contribution is 5.70. The number of carbonyl (C=O) groups is 1. The predicted octanol–water partition coefficient (Wildman–Crippen LogP) is 2.91. The first kappa shape index (κ1) is 16.6. The standard InChI is InChI=1S/C15H14F3N3O2/c1-21(15(19)22)20-8-9-2-5-14(13(18)6-9)23-10-3-4-11(16)12(17)7-10/h2-7,20H,8H2,1H3,(H2,19,22). The maximum absolute atomic E-state index is 14.0. The molecule has 0 fully saturated rings. The van der Waals surface area contributed by atoms with E-state index in [0.29, 0.717) is 5.56 Å². The molecular weight excluding hydrogens is 311 g/mol. The third-order valence-electron chi connectivity index (χ3n) is 2.97. The fourth-order valence-corrected chi connectivity index (χ4v) is 1.69. The van der Waals surface area contributed by atoms with Gasteiger partial charge in [0.2, 0.25) is 0 Å². The van der Waals surface area contributed by atoms with Crippen LogP contribution in [0.2, 0.25) is 0 Å². The van der Waals surface area contributed by atoms with E-state index in [-0.39, 0.29) is 18.0 Å². The van der Waals surface area contributed by atoms with Crippen molar-refractivity contribution in [3.05, 3.63) is 59.4 Å². The maximum Gasteiger partial charge on any atom is 0.328 e. The van der Waals surface area contributed by atoms with Gasteiger partial charge in [0.25, 0.3) is 0 Å². The van der Waals surface area contributed by atoms with Crippen molar-refractivity contribution in [3.63, 3.8) is 0 Å². The molecule has 0 aliphatic heterocycles. The molecule has 5 nitrogen and oxygen atoms in total. The number of nitrogens with two attached hydrogens (primary N) is 1. The van der Waals surface area contributed by atoms with Crippen LogP contribution in [0.4, 0.5) is 18.0 Å². The Morgan fingerprint density at radius 2 is 1.87 bits per heavy atom. The van der Waals surface area contributed by atoms with Crippen molar-refractivity contribution in [1.82, 2.24) is 10.4 Å². The third-order valence-corrected chi connectivity index (χ3v) is 2.97. The van der Waals surface area contributed by atoms with Crippen LogP contribution in [0.25, 0.3) is 0 Å². The average Bonchev–Trinajstić information content (AvgIpc) is 2.50. The van der Waals surface area contributed by atoms with Crippen LogP contribution >= 0.6 is 0 Å². The molecule has 2 aromatic carbocycles. The molecule has 8 heteroatoms. The lowest BCUT2D eigenvalue weighted by atomic mass is 10.2. The number of halogens is 3. The Morgan fingerprint density at radius 1 is 1.13 bits per heavy atom. The van der Waals surface area contributed by atoms with E-state index in [2.05, 4.69) is 5.43 Å². The molecule has 0 aliphatic rings. The van der Waals surface area contributed by atoms with Crippen LogP contribution in [-0.4, -0.2) is 18.1 Å². The number of rotatable bonds is 5. The summed E-state index contributed by atoms with van der Waals surface area (Å²) in [6, 6.07) is 6.32. The van der Waals surface area contributed by atoms with Crippen LogP contribution in [0.5, 0.6) is 11.5 Å². The molecule has 0 bridgehead atoms. The van der Waals surface area contributed by atoms with Crippen LogP contribution in [0.15, 0.2) is 36.4 Å². The van der Waals surface area contributed by atoms with Crippen LogP contribution in [0.1, 0.15) is 5.56 Å². The van der Waals surface area contributed by atoms with Gasteiger partial charge in [-0.15, -0.1) is 0 Å². The Balaban J connectivity index is 2.07. The summed E-state index contributed by atoms with van der Waals surface area (Å²) in [6.45, 7) is 0.168. The molecule has 0 saturated carbocycles. The lowest BCUT2D eigenvalue weighted by Crippen LogP contribution is -2.42. The SMILES string of the molecule is CN(NCc1ccc(Oc2ccc(F)c(F)c2)c(F)c1)C(N)=O. The molecule has 0 atom stereocenters. The minimum atomic E-state index is -1.08. The molecule has 2 rings (SSSR count). The smallest absolute Gasteiger partial charge is 0.328 e. The minimum absolute atomic E-state index is 0.0258. The molecule has 0 unspecified atom stereocenters. The van der Waals surface area contributed by atoms with Gasteiger partial charge in [-0.25, -0.2) is 23.4 Å². The number of hydrazine groups is 1. The van der Waals surface area contributed by atoms with Gasteiger partial charge in [0.1, 0.15) is 5.75 Å². The van der Waals surface area contributed by atoms with Crippen molar-refractivity contribution < 1.29 is 22.7 Å². The van der Waals surface area contributed by atoms with E-state index in [9.17, 15) is 18.0 Å². The lowest BCUT2D eigenvalue weighted by Gasteiger charge is -2.16. The van der Waals surface area contributed by atoms with Crippen molar-refractivity contribution in [2.75, 3.05) is 7.05 Å². The number of amides is 2. The van der Waals surface area contributed by atoms with Crippen LogP contribution in [0.3, 0.4) is 0 Å². The van der Waals surface area contributed by atoms with E-state index in [4.69, 9.17) is 10.5 Å². The number of primary amides is 1. The van der Waals surface area contributed by atoms with Crippen molar-refractivity contribution in [2.45, 2.75) is 6.54 Å². The summed E-state index contributed by atoms with van der Waals surface area (Å²) in [4.78, 5) is 10.8. The van der Waals surface area contributed by atoms with Crippen LogP contribution < -0.4 is 15.9 Å². The Kier molecular flexibility index (Phi) is 5.07. The van der Waals surface area contributed by atoms with Gasteiger partial charge < -0.3 is 10.5 Å². The Hall–Kier alpha value is -2.74. The number of nitrogens with one attached hydrogen (secondary N) is 1. The monoisotopic (exact) mass is 325 g/mol. The van der Waals surface area contributed by atoms with Gasteiger partial charge in [0.05, 0.1) is 0 Å². The molecule has 0 radical (unpaired) electrons. The zero-order valence-corrected chi connectivity index (χ0v) is 12.1. The normalized spacial score (nSPS) is 10.4. The maximum atomic E-state index is 14.0. The number of urea groups is 1. The number of carbonyl (C=O) groups excluding carboxylic acids is 1. The Labute approximate surface area is 130 Å². The third kappa shape index (κ3) is 4.36. The molecule has 0 aliphatic carbocycles. The van der Waals surface area contributed by atoms with Gasteiger partial charge >= 0.3 is 6.03 Å². The second kappa shape index (κ2) is 7.01. The summed E-state index contributed by atoms with van der Waals surface area (Å²) < 4.78 is 45.1. The van der Waals surface area contributed by atoms with E-state index in [0.717, 1.165) is 17.1 Å². The molecule has 3 N–H and O–H groups in total. The largest absolute Gasteiger partial charge is 0.454 e. The number of ether oxygens (including phenoxy) is 1. The topological polar surface area (TPSA) is 67.6 Å². The van der Waals surface area contributed by atoms with Crippen molar-refractivity contribution in [3.8, 4) is 11.5 Å². The first-order valence-corrected chi connectivity index (χ1v) is 6.55. The summed E-state index contributed by atoms with van der Waals surface area (Å²) in [5, 5.41) is 1.06. The highest BCUT2D eigenvalue weighted by Crippen LogP contribution is 2.26. The molecule has 0 aromatic heterocycles. The second-order valence-electron chi connectivity index (χ2n) is 4.67. The lowest BCUT2D eigenvalue weighted by molar-refractivity contribution is 0.195. The average molecular weight is 325 g/mol. The van der Waals surface area contributed by atoms with Gasteiger partial charge in [-0.3, -0.25) is 5.01 Å². The highest BCUT2D eigenvalue weighted by Gasteiger charge is 2.09. The van der Waals surface area contributed by atoms with Gasteiger partial charge in [-0.1, -0.05) is 6.07 Å². The van der Waals surface area contributed by atoms with Crippen LogP contribution in [0, 0.1) is 17.5 Å². The fraction of sp³-hybridized carbons (Fsp3) is 0.133. The zero-order valence-electron chi connectivity index (χ0n) is 12.1. The fourth-order valence-electron chi connectivity index (χ4n) is 1.69. The van der Waals surface area contributed by atoms with E-state index < -0.39 is 23.5 Å². The first-order chi connectivity index (χ1) is 10.9. The van der Waals surface area contributed by atoms with Crippen LogP contribution in [-0.2, 0) is 6.54 Å². The molecule has 2 aromatic rings. The molecule has 122 valence electrons. The molecular formula is C15H14F3N3O2. The molecule has 0 saturated heterocycles. The van der Waals surface area contributed by atoms with Crippen molar-refractivity contribution >= 4 is 6.03 Å². The van der Waals surface area contributed by atoms with Crippen molar-refractivity contribution in [1.29, 1.82) is 0 Å². The Bertz CT molecular complexity index is 725. The van der Waals surface area contributed by atoms with Gasteiger partial charge in [0.15, 0.2) is 23.2 Å². The number of hydrogen-bond acceptors (Lipinski definition) is 3. The number of nitrogens with zero attached hydrogens (tertiary/aromatic N) is 1. The first-order valence-electron chi connectivity index (χ1n) is 6.55. The summed E-state index contributed by atoms with van der Waals surface area (Å²) in [5.41, 5.74) is 8.24. The van der Waals surface area contributed by atoms with Gasteiger partial charge in [-0.05, 0) is 29.8 Å². The van der Waals surface area contributed by atoms with Gasteiger partial charge in [-0.2, -0.15) is 0 Å². The zero-order chi connectivity index (χ0) is 17.0. The summed E-state index contributed by atoms with van der Waals surface area (Å²) in [7, 11) is 1.43. The Morgan fingerprint density at radius 3 is 2.48 bits per heavy atom. The summed E-state index contributed by atoms with van der Waals surface area (Å²) in [5.74, 6) is -2.95. The number of benzene rings is 2. The number of hydrogen-bond donors (Lipinski definition) is 2. The second-order valence-corrected chi connectivity index (χ2v) is 4.67. The molecule has 0 heterocycles. The quantitative estimate of drug-likeness (QED) is 0.831. The summed E-state index contributed by atoms with van der Waals surface area (Å²) >= 11 is 0. The molecule has 0 spiro atoms. The molecule has 23 heavy (non-hydrogen) atoms. The summed E-state index contributed by atoms with van der Waals surface area (Å²) in [6.07, 6.45) is 0. The highest BCUT2D eigenvalue weighted by atomic mass is 19.2.